The molecule has 0 saturated carbocycles. The third kappa shape index (κ3) is 30.3. The van der Waals surface area contributed by atoms with Crippen LogP contribution in [0.1, 0.15) is 140 Å². The van der Waals surface area contributed by atoms with Crippen LogP contribution in [0.5, 0.6) is 23.0 Å². The van der Waals surface area contributed by atoms with Gasteiger partial charge in [0.25, 0.3) is 34.5 Å². The third-order valence-electron chi connectivity index (χ3n) is 12.8. The minimum atomic E-state index is -1.15. The van der Waals surface area contributed by atoms with Gasteiger partial charge in [0.05, 0.1) is 54.7 Å². The van der Waals surface area contributed by atoms with Crippen LogP contribution in [0.2, 0.25) is 30.8 Å². The summed E-state index contributed by atoms with van der Waals surface area (Å²) < 4.78 is 61.3. The van der Waals surface area contributed by atoms with Crippen LogP contribution in [-0.4, -0.2) is 165 Å². The number of Topliss-reactive ketones (excluding diaryl/α,β-unsaturated/α-hetero) is 3. The molecule has 4 aromatic carbocycles. The Morgan fingerprint density at radius 1 is 0.500 bits per heavy atom. The summed E-state index contributed by atoms with van der Waals surface area (Å²) >= 11 is 35.7. The number of anilines is 5. The molecule has 108 heavy (non-hydrogen) atoms. The van der Waals surface area contributed by atoms with Crippen molar-refractivity contribution in [3.63, 3.8) is 0 Å². The fourth-order valence-electron chi connectivity index (χ4n) is 8.08. The first-order valence-corrected chi connectivity index (χ1v) is 33.9. The number of H-pyrrole nitrogens is 1. The van der Waals surface area contributed by atoms with Gasteiger partial charge in [0.15, 0.2) is 39.9 Å². The maximum atomic E-state index is 12.5. The molecule has 0 aliphatic rings. The van der Waals surface area contributed by atoms with Crippen molar-refractivity contribution >= 4 is 145 Å². The lowest BCUT2D eigenvalue weighted by Crippen LogP contribution is -2.16. The molecule has 590 valence electrons. The van der Waals surface area contributed by atoms with Crippen molar-refractivity contribution in [1.29, 1.82) is 0 Å². The molecule has 10 N–H and O–H groups in total. The molecular weight excluding hydrogens is 1540 g/mol. The summed E-state index contributed by atoms with van der Waals surface area (Å²) in [6, 6.07) is 15.5. The number of ketones is 3. The smallest absolute Gasteiger partial charge is 0.357 e. The maximum Gasteiger partial charge on any atom is 0.357 e. The van der Waals surface area contributed by atoms with E-state index < -0.39 is 17.8 Å². The van der Waals surface area contributed by atoms with Gasteiger partial charge < -0.3 is 98.4 Å². The quantitative estimate of drug-likeness (QED) is 0.0123. The van der Waals surface area contributed by atoms with E-state index >= 15 is 0 Å². The van der Waals surface area contributed by atoms with E-state index in [2.05, 4.69) is 50.6 Å². The number of nitrogen functional groups attached to an aromatic ring is 1. The number of methoxy groups -OCH3 is 4. The number of hydrogen-bond donors (Lipinski definition) is 8. The summed E-state index contributed by atoms with van der Waals surface area (Å²) in [4.78, 5) is 101. The lowest BCUT2D eigenvalue weighted by Gasteiger charge is -2.14. The number of ether oxygens (including phenoxy) is 8. The van der Waals surface area contributed by atoms with Crippen LogP contribution in [0.25, 0.3) is 22.3 Å². The predicted octanol–water partition coefficient (Wildman–Crippen LogP) is 15.6. The fourth-order valence-corrected chi connectivity index (χ4v) is 9.37. The van der Waals surface area contributed by atoms with Gasteiger partial charge in [-0.05, 0) is 126 Å². The average molecular weight is 1630 g/mol. The molecule has 0 aliphatic heterocycles. The highest BCUT2D eigenvalue weighted by molar-refractivity contribution is 6.38. The lowest BCUT2D eigenvalue weighted by atomic mass is 10.1. The van der Waals surface area contributed by atoms with Crippen molar-refractivity contribution in [2.24, 2.45) is 5.73 Å². The molecule has 9 aromatic rings. The van der Waals surface area contributed by atoms with Gasteiger partial charge >= 0.3 is 5.97 Å². The highest BCUT2D eigenvalue weighted by Gasteiger charge is 2.24. The number of fused-ring (bicyclic) bond motifs is 1. The number of benzene rings is 4. The molecule has 0 atom stereocenters. The first-order valence-electron chi connectivity index (χ1n) is 31.6. The standard InChI is InChI=1S/C18H22ClN3O5.C18H20ClN3O4.C15H14Cl2N2O5.C11H14ClNO3.C4H2ClNO3.C3H9N.2CH4/c1-10(2)20-18-21-13(9-27-18)17(24)22-16-12(11(3)23)5-6-14(15(16)19)26-8-7-25-4;1-10(2)20-18-22-13(9-26-18)12-8-14(23)11-4-5-15(25-7-6-24-3)16(19)17(11)21-12;1-8(20)9-3-4-11(23-6-5-22-2)12(16)13(9)19-14(21)10-7-24-15(17)18-10;1-7(14)8-3-4-9(10(12)11(8)13)16-6-5-15-2;5-4-6-2(1-9-4)3(7)8;1-3(2)4;;/h5-6,9-10H,7-8H2,1-4H3,(H,20,21)(H,22,24);4-5,8-10H,6-7H2,1-3H3,(H,20,22)(H,21,23);3-4,7H,5-6H2,1-2H3,(H,19,21);3-4H,5-6,13H2,1-2H3;1H,(H,7,8);3H,4H2,1-2H3;2*1H4. The maximum absolute atomic E-state index is 12.5. The van der Waals surface area contributed by atoms with Crippen LogP contribution in [-0.2, 0) is 18.9 Å². The number of hydrogen-bond acceptors (Lipinski definition) is 27. The van der Waals surface area contributed by atoms with Gasteiger partial charge in [0.1, 0.15) is 100 Å². The summed E-state index contributed by atoms with van der Waals surface area (Å²) in [5.74, 6) is -1.39. The Labute approximate surface area is 653 Å². The van der Waals surface area contributed by atoms with E-state index in [4.69, 9.17) is 137 Å². The molecule has 31 nitrogen and oxygen atoms in total. The Kier molecular flexibility index (Phi) is 42.0. The first-order chi connectivity index (χ1) is 50.3. The number of carbonyl (C=O) groups is 6. The molecule has 5 aromatic heterocycles. The number of nitrogens with zero attached hydrogens (tertiary/aromatic N) is 4. The SMILES string of the molecule is C.C.CC(C)N.COCCOc1ccc(C(C)=O)c(N)c1Cl.COCCOc1ccc(C(C)=O)c(NC(=O)c2coc(Cl)n2)c1Cl.COCCOc1ccc(C(C)=O)c(NC(=O)c2coc(NC(C)C)n2)c1Cl.COCCOc1ccc2c(=O)cc(-c3coc(NC(C)C)n3)[nH]c2c1Cl.O=C(O)c1coc(Cl)n1. The zero-order chi connectivity index (χ0) is 78.9. The Morgan fingerprint density at radius 2 is 0.861 bits per heavy atom. The minimum Gasteiger partial charge on any atom is -0.490 e. The fraction of sp³-hybridized carbons (Fsp3) is 0.366. The van der Waals surface area contributed by atoms with Crippen LogP contribution in [0.4, 0.5) is 29.1 Å². The van der Waals surface area contributed by atoms with Crippen LogP contribution >= 0.6 is 69.6 Å². The monoisotopic (exact) mass is 1630 g/mol. The third-order valence-corrected chi connectivity index (χ3v) is 14.7. The number of amides is 2. The predicted molar refractivity (Wildman–Crippen MR) is 416 cm³/mol. The number of aromatic carboxylic acids is 1. The van der Waals surface area contributed by atoms with Crippen molar-refractivity contribution in [3.05, 3.63) is 154 Å². The van der Waals surface area contributed by atoms with Gasteiger partial charge in [-0.3, -0.25) is 28.8 Å². The molecule has 0 radical (unpaired) electrons. The first kappa shape index (κ1) is 94.6. The number of carbonyl (C=O) groups excluding carboxylic acids is 5. The largest absolute Gasteiger partial charge is 0.490 e. The molecule has 0 bridgehead atoms. The van der Waals surface area contributed by atoms with E-state index in [-0.39, 0.29) is 140 Å². The number of oxazole rings is 4. The number of pyridine rings is 1. The van der Waals surface area contributed by atoms with Crippen LogP contribution < -0.4 is 57.1 Å². The van der Waals surface area contributed by atoms with E-state index in [1.54, 1.807) is 70.9 Å². The summed E-state index contributed by atoms with van der Waals surface area (Å²) in [6.45, 7) is 18.8. The number of carboxylic acid groups (broad SMARTS) is 1. The van der Waals surface area contributed by atoms with Crippen molar-refractivity contribution in [1.82, 2.24) is 24.9 Å². The lowest BCUT2D eigenvalue weighted by molar-refractivity contribution is 0.0689. The summed E-state index contributed by atoms with van der Waals surface area (Å²) in [5.41, 5.74) is 13.5. The number of halogens is 6. The molecule has 2 amide bonds. The van der Waals surface area contributed by atoms with E-state index in [9.17, 15) is 33.6 Å². The van der Waals surface area contributed by atoms with Crippen molar-refractivity contribution in [2.45, 2.75) is 95.3 Å². The number of nitrogens with two attached hydrogens (primary N) is 2. The molecule has 9 rings (SSSR count). The second kappa shape index (κ2) is 48.0. The molecule has 5 heterocycles. The van der Waals surface area contributed by atoms with Crippen LogP contribution in [0.3, 0.4) is 0 Å². The normalized spacial score (nSPS) is 10.4. The topological polar surface area (TPSA) is 434 Å². The summed E-state index contributed by atoms with van der Waals surface area (Å²) in [5, 5.41) is 20.4. The number of rotatable bonds is 29. The summed E-state index contributed by atoms with van der Waals surface area (Å²) in [7, 11) is 6.27. The van der Waals surface area contributed by atoms with Gasteiger partial charge in [0.2, 0.25) is 0 Å². The number of aromatic amines is 1. The summed E-state index contributed by atoms with van der Waals surface area (Å²) in [6.07, 6.45) is 4.78. The second-order valence-electron chi connectivity index (χ2n) is 22.4. The Morgan fingerprint density at radius 3 is 1.24 bits per heavy atom. The molecule has 0 unspecified atom stereocenters. The van der Waals surface area contributed by atoms with E-state index in [0.717, 1.165) is 12.5 Å². The average Bonchev–Trinajstić information content (AvgIpc) is 1.05. The Balaban J connectivity index is 0.000000464. The van der Waals surface area contributed by atoms with E-state index in [0.29, 0.717) is 108 Å². The Bertz CT molecular complexity index is 4440. The van der Waals surface area contributed by atoms with Crippen molar-refractivity contribution in [2.75, 3.05) is 108 Å². The molecule has 0 aliphatic carbocycles. The minimum absolute atomic E-state index is 0. The molecule has 37 heteroatoms. The van der Waals surface area contributed by atoms with Gasteiger partial charge in [-0.25, -0.2) is 4.79 Å². The van der Waals surface area contributed by atoms with Crippen LogP contribution in [0, 0.1) is 0 Å². The highest BCUT2D eigenvalue weighted by atomic mass is 35.5. The van der Waals surface area contributed by atoms with E-state index in [1.807, 2.05) is 41.5 Å². The second-order valence-corrected chi connectivity index (χ2v) is 24.6. The highest BCUT2D eigenvalue weighted by Crippen LogP contribution is 2.39. The number of carboxylic acids is 1. The van der Waals surface area contributed by atoms with E-state index in [1.165, 1.54) is 45.4 Å². The van der Waals surface area contributed by atoms with Gasteiger partial charge in [0, 0.05) is 68.7 Å². The van der Waals surface area contributed by atoms with Gasteiger partial charge in [-0.2, -0.15) is 19.9 Å². The van der Waals surface area contributed by atoms with Crippen molar-refractivity contribution < 1.29 is 89.4 Å². The molecule has 0 fully saturated rings. The zero-order valence-electron chi connectivity index (χ0n) is 59.8. The molecule has 0 saturated heterocycles. The zero-order valence-corrected chi connectivity index (χ0v) is 64.3. The molecular formula is C71H89Cl6N11O20. The number of aromatic nitrogens is 5. The van der Waals surface area contributed by atoms with Crippen molar-refractivity contribution in [3.8, 4) is 34.4 Å². The number of nitrogens with one attached hydrogen (secondary N) is 5. The Hall–Kier alpha value is -9.51. The van der Waals surface area contributed by atoms with Gasteiger partial charge in [-0.1, -0.05) is 75.1 Å². The van der Waals surface area contributed by atoms with Gasteiger partial charge in [-0.15, -0.1) is 0 Å². The molecule has 0 spiro atoms. The van der Waals surface area contributed by atoms with Crippen LogP contribution in [0.15, 0.2) is 102 Å².